The number of hydrogen-bond donors (Lipinski definition) is 0. The Hall–Kier alpha value is -0.950. The molecule has 22 heavy (non-hydrogen) atoms. The van der Waals surface area contributed by atoms with Crippen molar-refractivity contribution in [2.45, 2.75) is 62.5 Å². The van der Waals surface area contributed by atoms with Crippen LogP contribution < -0.4 is 0 Å². The third kappa shape index (κ3) is 2.05. The average Bonchev–Trinajstić information content (AvgIpc) is 2.92. The van der Waals surface area contributed by atoms with Crippen LogP contribution in [0.25, 0.3) is 0 Å². The molecule has 1 aromatic rings. The first kappa shape index (κ1) is 14.6. The molecular formula is C15H23N3O3S. The summed E-state index contributed by atoms with van der Waals surface area (Å²) in [6.45, 7) is 5.22. The predicted octanol–water partition coefficient (Wildman–Crippen LogP) is 2.04. The molecule has 7 heteroatoms. The van der Waals surface area contributed by atoms with Crippen LogP contribution in [0.1, 0.15) is 63.6 Å². The molecule has 2 aliphatic carbocycles. The monoisotopic (exact) mass is 325 g/mol. The van der Waals surface area contributed by atoms with E-state index in [1.165, 1.54) is 0 Å². The Kier molecular flexibility index (Phi) is 3.17. The van der Waals surface area contributed by atoms with Crippen molar-refractivity contribution in [3.05, 3.63) is 11.7 Å². The Morgan fingerprint density at radius 3 is 2.73 bits per heavy atom. The molecule has 4 rings (SSSR count). The largest absolute Gasteiger partial charge is 0.339 e. The molecule has 2 heterocycles. The standard InChI is InChI=1S/C15H23N3O3S/c1-10(2)13-16-14(17-21-13)15-7-3-4-11(15)8-18(9-15)22(19,20)12-5-6-12/h10-12H,3-9H2,1-2H3. The molecule has 1 saturated heterocycles. The van der Waals surface area contributed by atoms with Gasteiger partial charge in [0.25, 0.3) is 0 Å². The van der Waals surface area contributed by atoms with Gasteiger partial charge in [-0.15, -0.1) is 0 Å². The van der Waals surface area contributed by atoms with E-state index in [1.54, 1.807) is 4.31 Å². The van der Waals surface area contributed by atoms with Crippen LogP contribution in [0.3, 0.4) is 0 Å². The molecule has 0 bridgehead atoms. The van der Waals surface area contributed by atoms with E-state index in [2.05, 4.69) is 10.1 Å². The van der Waals surface area contributed by atoms with Gasteiger partial charge in [-0.05, 0) is 31.6 Å². The topological polar surface area (TPSA) is 76.3 Å². The lowest BCUT2D eigenvalue weighted by atomic mass is 9.80. The predicted molar refractivity (Wildman–Crippen MR) is 80.9 cm³/mol. The lowest BCUT2D eigenvalue weighted by Gasteiger charge is -2.24. The molecule has 0 radical (unpaired) electrons. The van der Waals surface area contributed by atoms with Crippen LogP contribution in [0, 0.1) is 5.92 Å². The first-order valence-corrected chi connectivity index (χ1v) is 9.77. The molecule has 0 aromatic carbocycles. The summed E-state index contributed by atoms with van der Waals surface area (Å²) in [6.07, 6.45) is 4.77. The van der Waals surface area contributed by atoms with Crippen molar-refractivity contribution < 1.29 is 12.9 Å². The summed E-state index contributed by atoms with van der Waals surface area (Å²) >= 11 is 0. The highest BCUT2D eigenvalue weighted by Crippen LogP contribution is 2.51. The van der Waals surface area contributed by atoms with Crippen molar-refractivity contribution in [3.63, 3.8) is 0 Å². The third-order valence-electron chi connectivity index (χ3n) is 5.53. The fraction of sp³-hybridized carbons (Fsp3) is 0.867. The van der Waals surface area contributed by atoms with E-state index in [9.17, 15) is 8.42 Å². The van der Waals surface area contributed by atoms with Crippen molar-refractivity contribution in [2.75, 3.05) is 13.1 Å². The SMILES string of the molecule is CC(C)c1nc(C23CCCC2CN(S(=O)(=O)C2CC2)C3)no1. The molecule has 2 atom stereocenters. The van der Waals surface area contributed by atoms with E-state index in [4.69, 9.17) is 4.52 Å². The maximum Gasteiger partial charge on any atom is 0.229 e. The molecule has 2 saturated carbocycles. The lowest BCUT2D eigenvalue weighted by molar-refractivity contribution is 0.324. The number of hydrogen-bond acceptors (Lipinski definition) is 5. The summed E-state index contributed by atoms with van der Waals surface area (Å²) in [7, 11) is -3.12. The Morgan fingerprint density at radius 2 is 2.09 bits per heavy atom. The van der Waals surface area contributed by atoms with Crippen molar-refractivity contribution in [1.29, 1.82) is 0 Å². The lowest BCUT2D eigenvalue weighted by Crippen LogP contribution is -2.36. The van der Waals surface area contributed by atoms with Crippen LogP contribution in [0.4, 0.5) is 0 Å². The van der Waals surface area contributed by atoms with Crippen molar-refractivity contribution in [1.82, 2.24) is 14.4 Å². The highest BCUT2D eigenvalue weighted by Gasteiger charge is 2.57. The maximum absolute atomic E-state index is 12.6. The summed E-state index contributed by atoms with van der Waals surface area (Å²) in [5.41, 5.74) is -0.224. The van der Waals surface area contributed by atoms with Crippen LogP contribution >= 0.6 is 0 Å². The van der Waals surface area contributed by atoms with Gasteiger partial charge in [-0.25, -0.2) is 12.7 Å². The summed E-state index contributed by atoms with van der Waals surface area (Å²) < 4.78 is 32.3. The van der Waals surface area contributed by atoms with Gasteiger partial charge in [0.2, 0.25) is 15.9 Å². The Morgan fingerprint density at radius 1 is 1.32 bits per heavy atom. The van der Waals surface area contributed by atoms with Crippen LogP contribution in [0.15, 0.2) is 4.52 Å². The first-order valence-electron chi connectivity index (χ1n) is 8.26. The molecule has 0 spiro atoms. The van der Waals surface area contributed by atoms with Gasteiger partial charge in [0.1, 0.15) is 0 Å². The molecule has 122 valence electrons. The summed E-state index contributed by atoms with van der Waals surface area (Å²) in [4.78, 5) is 4.60. The number of sulfonamides is 1. The van der Waals surface area contributed by atoms with Crippen LogP contribution in [0.5, 0.6) is 0 Å². The van der Waals surface area contributed by atoms with E-state index >= 15 is 0 Å². The molecule has 2 unspecified atom stereocenters. The highest BCUT2D eigenvalue weighted by molar-refractivity contribution is 7.90. The second kappa shape index (κ2) is 4.77. The second-order valence-electron chi connectivity index (χ2n) is 7.39. The van der Waals surface area contributed by atoms with E-state index in [0.717, 1.165) is 37.9 Å². The van der Waals surface area contributed by atoms with Gasteiger partial charge in [-0.1, -0.05) is 25.4 Å². The Labute approximate surface area is 131 Å². The quantitative estimate of drug-likeness (QED) is 0.846. The van der Waals surface area contributed by atoms with E-state index in [1.807, 2.05) is 13.8 Å². The zero-order valence-electron chi connectivity index (χ0n) is 13.2. The van der Waals surface area contributed by atoms with Gasteiger partial charge >= 0.3 is 0 Å². The first-order chi connectivity index (χ1) is 10.4. The van der Waals surface area contributed by atoms with Gasteiger partial charge in [-0.3, -0.25) is 0 Å². The van der Waals surface area contributed by atoms with Gasteiger partial charge < -0.3 is 4.52 Å². The molecule has 1 aliphatic heterocycles. The minimum atomic E-state index is -3.12. The summed E-state index contributed by atoms with van der Waals surface area (Å²) in [5, 5.41) is 4.08. The number of fused-ring (bicyclic) bond motifs is 1. The van der Waals surface area contributed by atoms with Crippen molar-refractivity contribution in [3.8, 4) is 0 Å². The van der Waals surface area contributed by atoms with Gasteiger partial charge in [0.05, 0.1) is 10.7 Å². The van der Waals surface area contributed by atoms with E-state index < -0.39 is 10.0 Å². The Balaban J connectivity index is 1.66. The van der Waals surface area contributed by atoms with Crippen molar-refractivity contribution in [2.24, 2.45) is 5.92 Å². The van der Waals surface area contributed by atoms with Gasteiger partial charge in [0.15, 0.2) is 5.82 Å². The number of rotatable bonds is 4. The zero-order chi connectivity index (χ0) is 15.5. The second-order valence-corrected chi connectivity index (χ2v) is 9.61. The number of aromatic nitrogens is 2. The van der Waals surface area contributed by atoms with Gasteiger partial charge in [-0.2, -0.15) is 4.98 Å². The zero-order valence-corrected chi connectivity index (χ0v) is 14.0. The van der Waals surface area contributed by atoms with Crippen LogP contribution in [0.2, 0.25) is 0 Å². The minimum Gasteiger partial charge on any atom is -0.339 e. The molecule has 0 N–H and O–H groups in total. The number of nitrogens with zero attached hydrogens (tertiary/aromatic N) is 3. The average molecular weight is 325 g/mol. The van der Waals surface area contributed by atoms with Crippen LogP contribution in [-0.4, -0.2) is 41.2 Å². The highest BCUT2D eigenvalue weighted by atomic mass is 32.2. The fourth-order valence-electron chi connectivity index (χ4n) is 4.05. The summed E-state index contributed by atoms with van der Waals surface area (Å²) in [6, 6.07) is 0. The van der Waals surface area contributed by atoms with Crippen LogP contribution in [-0.2, 0) is 15.4 Å². The minimum absolute atomic E-state index is 0.139. The Bertz CT molecular complexity index is 680. The van der Waals surface area contributed by atoms with E-state index in [0.29, 0.717) is 24.9 Å². The molecule has 1 aromatic heterocycles. The maximum atomic E-state index is 12.6. The summed E-state index contributed by atoms with van der Waals surface area (Å²) in [5.74, 6) is 1.91. The third-order valence-corrected chi connectivity index (χ3v) is 7.84. The normalized spacial score (nSPS) is 32.8. The molecule has 0 amide bonds. The molecule has 3 fully saturated rings. The van der Waals surface area contributed by atoms with Gasteiger partial charge in [0, 0.05) is 19.0 Å². The fourth-order valence-corrected chi connectivity index (χ4v) is 6.00. The van der Waals surface area contributed by atoms with E-state index in [-0.39, 0.29) is 16.6 Å². The van der Waals surface area contributed by atoms with Crippen molar-refractivity contribution >= 4 is 10.0 Å². The molecule has 3 aliphatic rings. The molecule has 6 nitrogen and oxygen atoms in total. The smallest absolute Gasteiger partial charge is 0.229 e. The molecular weight excluding hydrogens is 302 g/mol.